The van der Waals surface area contributed by atoms with Gasteiger partial charge in [-0.25, -0.2) is 0 Å². The van der Waals surface area contributed by atoms with Crippen LogP contribution in [0.2, 0.25) is 0 Å². The SMILES string of the molecule is O=C(NCCC[C@H]1[C@@H]2CCN(C(=O)C(F)(F)F)[C@@H]2c2cc(Br)ccc2N1C(=O)C(F)(F)F)C(F)(F)F. The van der Waals surface area contributed by atoms with Gasteiger partial charge < -0.3 is 15.1 Å². The molecule has 0 saturated carbocycles. The number of carbonyl (C=O) groups is 3. The summed E-state index contributed by atoms with van der Waals surface area (Å²) >= 11 is 3.09. The number of anilines is 1. The number of benzene rings is 1. The topological polar surface area (TPSA) is 69.7 Å². The fraction of sp³-hybridized carbons (Fsp3) is 0.550. The number of amides is 3. The third kappa shape index (κ3) is 5.57. The first-order chi connectivity index (χ1) is 16.4. The van der Waals surface area contributed by atoms with E-state index < -0.39 is 67.3 Å². The maximum absolute atomic E-state index is 13.5. The normalized spacial score (nSPS) is 22.2. The highest BCUT2D eigenvalue weighted by Gasteiger charge is 2.57. The van der Waals surface area contributed by atoms with Gasteiger partial charge in [-0.05, 0) is 43.0 Å². The van der Waals surface area contributed by atoms with Crippen LogP contribution in [0.15, 0.2) is 22.7 Å². The lowest BCUT2D eigenvalue weighted by Gasteiger charge is -2.46. The Kier molecular flexibility index (Phi) is 7.59. The standard InChI is InChI=1S/C20H17BrF9N3O3/c21-9-3-4-13-11(8-9)14-10(5-7-32(14)16(35)19(25,26)27)12(33(13)17(36)20(28,29)30)2-1-6-31-15(34)18(22,23)24/h3-4,8,10,12,14H,1-2,5-7H2,(H,31,34)/t10-,12-,14-/m0/s1. The smallest absolute Gasteiger partial charge is 0.348 e. The molecule has 6 nitrogen and oxygen atoms in total. The zero-order valence-corrected chi connectivity index (χ0v) is 19.5. The van der Waals surface area contributed by atoms with Crippen molar-refractivity contribution in [2.45, 2.75) is 49.9 Å². The monoisotopic (exact) mass is 597 g/mol. The summed E-state index contributed by atoms with van der Waals surface area (Å²) in [5, 5.41) is 1.56. The van der Waals surface area contributed by atoms with Crippen LogP contribution < -0.4 is 10.2 Å². The van der Waals surface area contributed by atoms with Crippen molar-refractivity contribution in [1.29, 1.82) is 0 Å². The van der Waals surface area contributed by atoms with Crippen molar-refractivity contribution >= 4 is 39.3 Å². The molecule has 3 rings (SSSR count). The average Bonchev–Trinajstić information content (AvgIpc) is 3.18. The van der Waals surface area contributed by atoms with E-state index >= 15 is 0 Å². The number of likely N-dealkylation sites (tertiary alicyclic amines) is 1. The van der Waals surface area contributed by atoms with E-state index in [-0.39, 0.29) is 35.0 Å². The molecule has 1 aromatic rings. The van der Waals surface area contributed by atoms with E-state index in [1.165, 1.54) is 12.1 Å². The summed E-state index contributed by atoms with van der Waals surface area (Å²) in [5.41, 5.74) is -0.475. The summed E-state index contributed by atoms with van der Waals surface area (Å²) in [4.78, 5) is 36.4. The molecule has 36 heavy (non-hydrogen) atoms. The molecule has 0 bridgehead atoms. The maximum atomic E-state index is 13.5. The van der Waals surface area contributed by atoms with Crippen LogP contribution in [-0.2, 0) is 14.4 Å². The number of halogens is 10. The van der Waals surface area contributed by atoms with Crippen molar-refractivity contribution in [2.24, 2.45) is 5.92 Å². The Morgan fingerprint density at radius 2 is 1.56 bits per heavy atom. The summed E-state index contributed by atoms with van der Waals surface area (Å²) in [5.74, 6) is -7.87. The first kappa shape index (κ1) is 28.1. The summed E-state index contributed by atoms with van der Waals surface area (Å²) in [6.07, 6.45) is -16.7. The Balaban J connectivity index is 2.01. The predicted octanol–water partition coefficient (Wildman–Crippen LogP) is 4.64. The molecule has 1 fully saturated rings. The zero-order valence-electron chi connectivity index (χ0n) is 17.9. The molecule has 1 saturated heterocycles. The van der Waals surface area contributed by atoms with E-state index in [0.29, 0.717) is 9.80 Å². The maximum Gasteiger partial charge on any atom is 0.471 e. The summed E-state index contributed by atoms with van der Waals surface area (Å²) in [6, 6.07) is 0.837. The van der Waals surface area contributed by atoms with Crippen molar-refractivity contribution in [3.8, 4) is 0 Å². The van der Waals surface area contributed by atoms with Gasteiger partial charge in [-0.3, -0.25) is 14.4 Å². The van der Waals surface area contributed by atoms with Gasteiger partial charge in [-0.2, -0.15) is 39.5 Å². The number of hydrogen-bond donors (Lipinski definition) is 1. The van der Waals surface area contributed by atoms with E-state index in [1.807, 2.05) is 0 Å². The molecule has 0 spiro atoms. The second-order valence-electron chi connectivity index (χ2n) is 8.23. The van der Waals surface area contributed by atoms with Gasteiger partial charge in [0.15, 0.2) is 0 Å². The largest absolute Gasteiger partial charge is 0.471 e. The first-order valence-electron chi connectivity index (χ1n) is 10.4. The minimum absolute atomic E-state index is 0.108. The molecule has 2 aliphatic rings. The van der Waals surface area contributed by atoms with Gasteiger partial charge in [0.25, 0.3) is 0 Å². The van der Waals surface area contributed by atoms with E-state index in [2.05, 4.69) is 15.9 Å². The Morgan fingerprint density at radius 3 is 2.11 bits per heavy atom. The molecule has 3 amide bonds. The predicted molar refractivity (Wildman–Crippen MR) is 108 cm³/mol. The number of rotatable bonds is 4. The molecule has 3 atom stereocenters. The van der Waals surface area contributed by atoms with Crippen LogP contribution in [0.25, 0.3) is 0 Å². The Hall–Kier alpha value is -2.52. The van der Waals surface area contributed by atoms with Crippen molar-refractivity contribution in [1.82, 2.24) is 10.2 Å². The summed E-state index contributed by atoms with van der Waals surface area (Å²) < 4.78 is 118. The number of nitrogens with one attached hydrogen (secondary N) is 1. The van der Waals surface area contributed by atoms with Gasteiger partial charge in [0, 0.05) is 35.2 Å². The molecule has 16 heteroatoms. The summed E-state index contributed by atoms with van der Waals surface area (Å²) in [6.45, 7) is -1.08. The van der Waals surface area contributed by atoms with Crippen LogP contribution in [0.4, 0.5) is 45.2 Å². The molecule has 0 unspecified atom stereocenters. The molecule has 2 aliphatic heterocycles. The first-order valence-corrected chi connectivity index (χ1v) is 11.2. The molecule has 2 heterocycles. The van der Waals surface area contributed by atoms with Crippen LogP contribution >= 0.6 is 15.9 Å². The second-order valence-corrected chi connectivity index (χ2v) is 9.15. The molecular formula is C20H17BrF9N3O3. The summed E-state index contributed by atoms with van der Waals surface area (Å²) in [7, 11) is 0. The van der Waals surface area contributed by atoms with E-state index in [0.717, 1.165) is 6.07 Å². The number of carbonyl (C=O) groups excluding carboxylic acids is 3. The third-order valence-electron chi connectivity index (χ3n) is 6.02. The van der Waals surface area contributed by atoms with E-state index in [1.54, 1.807) is 5.32 Å². The number of nitrogens with zero attached hydrogens (tertiary/aromatic N) is 2. The van der Waals surface area contributed by atoms with Crippen molar-refractivity contribution in [2.75, 3.05) is 18.0 Å². The Labute approximate surface area is 205 Å². The lowest BCUT2D eigenvalue weighted by Crippen LogP contribution is -2.55. The minimum atomic E-state index is -5.37. The van der Waals surface area contributed by atoms with Gasteiger partial charge >= 0.3 is 36.3 Å². The average molecular weight is 598 g/mol. The van der Waals surface area contributed by atoms with Crippen molar-refractivity contribution in [3.63, 3.8) is 0 Å². The highest BCUT2D eigenvalue weighted by molar-refractivity contribution is 9.10. The lowest BCUT2D eigenvalue weighted by atomic mass is 9.79. The molecule has 0 aliphatic carbocycles. The molecule has 200 valence electrons. The Morgan fingerprint density at radius 1 is 0.944 bits per heavy atom. The fourth-order valence-corrected chi connectivity index (χ4v) is 5.09. The highest BCUT2D eigenvalue weighted by atomic mass is 79.9. The van der Waals surface area contributed by atoms with Gasteiger partial charge in [0.2, 0.25) is 0 Å². The minimum Gasteiger partial charge on any atom is -0.348 e. The van der Waals surface area contributed by atoms with Crippen LogP contribution in [-0.4, -0.2) is 60.3 Å². The van der Waals surface area contributed by atoms with Gasteiger partial charge in [0.1, 0.15) is 0 Å². The van der Waals surface area contributed by atoms with E-state index in [9.17, 15) is 53.9 Å². The van der Waals surface area contributed by atoms with E-state index in [4.69, 9.17) is 0 Å². The van der Waals surface area contributed by atoms with Gasteiger partial charge in [-0.1, -0.05) is 15.9 Å². The third-order valence-corrected chi connectivity index (χ3v) is 6.52. The highest BCUT2D eigenvalue weighted by Crippen LogP contribution is 2.52. The van der Waals surface area contributed by atoms with Crippen LogP contribution in [0, 0.1) is 5.92 Å². The van der Waals surface area contributed by atoms with Crippen LogP contribution in [0.1, 0.15) is 30.9 Å². The Bertz CT molecular complexity index is 1040. The molecule has 1 N–H and O–H groups in total. The molecular weight excluding hydrogens is 581 g/mol. The second kappa shape index (κ2) is 9.74. The fourth-order valence-electron chi connectivity index (χ4n) is 4.71. The van der Waals surface area contributed by atoms with Crippen LogP contribution in [0.3, 0.4) is 0 Å². The molecule has 1 aromatic carbocycles. The molecule has 0 radical (unpaired) electrons. The number of fused-ring (bicyclic) bond motifs is 3. The van der Waals surface area contributed by atoms with Crippen LogP contribution in [0.5, 0.6) is 0 Å². The van der Waals surface area contributed by atoms with Gasteiger partial charge in [-0.15, -0.1) is 0 Å². The molecule has 0 aromatic heterocycles. The lowest BCUT2D eigenvalue weighted by molar-refractivity contribution is -0.187. The van der Waals surface area contributed by atoms with Gasteiger partial charge in [0.05, 0.1) is 6.04 Å². The number of hydrogen-bond acceptors (Lipinski definition) is 3. The zero-order chi connectivity index (χ0) is 27.2. The number of alkyl halides is 9. The quantitative estimate of drug-likeness (QED) is 0.406. The van der Waals surface area contributed by atoms with Crippen molar-refractivity contribution < 1.29 is 53.9 Å². The van der Waals surface area contributed by atoms with Crippen molar-refractivity contribution in [3.05, 3.63) is 28.2 Å².